The molecule has 0 aromatic heterocycles. The fourth-order valence-corrected chi connectivity index (χ4v) is 3.99. The third kappa shape index (κ3) is 6.84. The Kier molecular flexibility index (Phi) is 8.55. The molecule has 1 fully saturated rings. The highest BCUT2D eigenvalue weighted by Gasteiger charge is 2.21. The molecule has 0 atom stereocenters. The van der Waals surface area contributed by atoms with Crippen LogP contribution < -0.4 is 15.5 Å². The van der Waals surface area contributed by atoms with Gasteiger partial charge < -0.3 is 10.6 Å². The lowest BCUT2D eigenvalue weighted by Gasteiger charge is -2.24. The molecule has 0 bridgehead atoms. The van der Waals surface area contributed by atoms with Crippen molar-refractivity contribution in [3.05, 3.63) is 58.3 Å². The average molecular weight is 466 g/mol. The molecule has 31 heavy (non-hydrogen) atoms. The summed E-state index contributed by atoms with van der Waals surface area (Å²) in [5.74, 6) is -0.193. The highest BCUT2D eigenvalue weighted by Crippen LogP contribution is 2.26. The topological polar surface area (TPSA) is 61.4 Å². The van der Waals surface area contributed by atoms with Gasteiger partial charge in [0.15, 0.2) is 0 Å². The number of carbonyl (C=O) groups is 2. The standard InChI is InChI=1S/C23H26Cl2FN3O2/c24-20-12-9-18(15-21(20)25)28-23(31)29(19-10-7-17(26)8-11-19)14-4-13-27-22(30)16-5-2-1-3-6-16/h7-12,15-16H,1-6,13-14H2,(H,27,30)(H,28,31). The predicted octanol–water partition coefficient (Wildman–Crippen LogP) is 6.26. The number of urea groups is 1. The van der Waals surface area contributed by atoms with E-state index in [2.05, 4.69) is 10.6 Å². The number of nitrogens with zero attached hydrogens (tertiary/aromatic N) is 1. The number of carbonyl (C=O) groups excluding carboxylic acids is 2. The summed E-state index contributed by atoms with van der Waals surface area (Å²) < 4.78 is 13.4. The Balaban J connectivity index is 1.60. The van der Waals surface area contributed by atoms with Gasteiger partial charge >= 0.3 is 6.03 Å². The Morgan fingerprint density at radius 1 is 1.00 bits per heavy atom. The van der Waals surface area contributed by atoms with Crippen LogP contribution in [0.5, 0.6) is 0 Å². The van der Waals surface area contributed by atoms with Gasteiger partial charge in [-0.05, 0) is 61.7 Å². The van der Waals surface area contributed by atoms with Gasteiger partial charge in [-0.25, -0.2) is 9.18 Å². The van der Waals surface area contributed by atoms with E-state index in [0.29, 0.717) is 40.9 Å². The first-order valence-electron chi connectivity index (χ1n) is 10.5. The van der Waals surface area contributed by atoms with Crippen LogP contribution in [0.2, 0.25) is 10.0 Å². The van der Waals surface area contributed by atoms with Crippen molar-refractivity contribution in [2.75, 3.05) is 23.3 Å². The van der Waals surface area contributed by atoms with Crippen molar-refractivity contribution in [2.45, 2.75) is 38.5 Å². The quantitative estimate of drug-likeness (QED) is 0.474. The second kappa shape index (κ2) is 11.3. The van der Waals surface area contributed by atoms with Crippen molar-refractivity contribution in [3.8, 4) is 0 Å². The molecule has 5 nitrogen and oxygen atoms in total. The minimum atomic E-state index is -0.386. The summed E-state index contributed by atoms with van der Waals surface area (Å²) in [5.41, 5.74) is 1.05. The average Bonchev–Trinajstić information content (AvgIpc) is 2.77. The molecule has 3 rings (SSSR count). The molecule has 3 amide bonds. The van der Waals surface area contributed by atoms with Gasteiger partial charge in [0.05, 0.1) is 10.0 Å². The fraction of sp³-hybridized carbons (Fsp3) is 0.391. The molecule has 0 saturated heterocycles. The first-order valence-corrected chi connectivity index (χ1v) is 11.3. The first-order chi connectivity index (χ1) is 14.9. The van der Waals surface area contributed by atoms with Crippen molar-refractivity contribution in [1.82, 2.24) is 5.32 Å². The number of nitrogens with one attached hydrogen (secondary N) is 2. The van der Waals surface area contributed by atoms with Crippen LogP contribution in [0.4, 0.5) is 20.6 Å². The van der Waals surface area contributed by atoms with Crippen molar-refractivity contribution in [2.24, 2.45) is 5.92 Å². The summed E-state index contributed by atoms with van der Waals surface area (Å²) >= 11 is 12.0. The Labute approximate surface area is 191 Å². The lowest BCUT2D eigenvalue weighted by atomic mass is 9.89. The number of halogens is 3. The van der Waals surface area contributed by atoms with Gasteiger partial charge in [-0.2, -0.15) is 0 Å². The Bertz CT molecular complexity index is 902. The Morgan fingerprint density at radius 2 is 1.71 bits per heavy atom. The highest BCUT2D eigenvalue weighted by molar-refractivity contribution is 6.42. The predicted molar refractivity (Wildman–Crippen MR) is 123 cm³/mol. The molecule has 0 spiro atoms. The largest absolute Gasteiger partial charge is 0.356 e. The third-order valence-corrected chi connectivity index (χ3v) is 6.13. The van der Waals surface area contributed by atoms with E-state index in [1.807, 2.05) is 0 Å². The SMILES string of the molecule is O=C(NCCCN(C(=O)Nc1ccc(Cl)c(Cl)c1)c1ccc(F)cc1)C1CCCCC1. The van der Waals surface area contributed by atoms with E-state index < -0.39 is 0 Å². The van der Waals surface area contributed by atoms with Crippen LogP contribution >= 0.6 is 23.2 Å². The van der Waals surface area contributed by atoms with E-state index in [1.165, 1.54) is 23.5 Å². The number of hydrogen-bond acceptors (Lipinski definition) is 2. The maximum atomic E-state index is 13.4. The number of rotatable bonds is 7. The van der Waals surface area contributed by atoms with Gasteiger partial charge in [-0.3, -0.25) is 9.69 Å². The fourth-order valence-electron chi connectivity index (χ4n) is 3.69. The van der Waals surface area contributed by atoms with Crippen LogP contribution in [-0.2, 0) is 4.79 Å². The Hall–Kier alpha value is -2.31. The monoisotopic (exact) mass is 465 g/mol. The smallest absolute Gasteiger partial charge is 0.326 e. The van der Waals surface area contributed by atoms with Crippen molar-refractivity contribution < 1.29 is 14.0 Å². The molecule has 0 aliphatic heterocycles. The van der Waals surface area contributed by atoms with Gasteiger partial charge in [0.1, 0.15) is 5.82 Å². The van der Waals surface area contributed by atoms with Crippen molar-refractivity contribution >= 4 is 46.5 Å². The summed E-state index contributed by atoms with van der Waals surface area (Å²) in [6, 6.07) is 10.1. The first kappa shape index (κ1) is 23.4. The van der Waals surface area contributed by atoms with Crippen LogP contribution in [0.25, 0.3) is 0 Å². The number of amides is 3. The molecule has 1 aliphatic rings. The third-order valence-electron chi connectivity index (χ3n) is 5.39. The zero-order valence-electron chi connectivity index (χ0n) is 17.2. The molecular formula is C23H26Cl2FN3O2. The zero-order chi connectivity index (χ0) is 22.2. The second-order valence-electron chi connectivity index (χ2n) is 7.67. The van der Waals surface area contributed by atoms with E-state index in [4.69, 9.17) is 23.2 Å². The maximum absolute atomic E-state index is 13.4. The van der Waals surface area contributed by atoms with Crippen molar-refractivity contribution in [1.29, 1.82) is 0 Å². The van der Waals surface area contributed by atoms with Gasteiger partial charge in [0.2, 0.25) is 5.91 Å². The lowest BCUT2D eigenvalue weighted by Crippen LogP contribution is -2.38. The molecule has 8 heteroatoms. The summed E-state index contributed by atoms with van der Waals surface area (Å²) in [4.78, 5) is 26.8. The van der Waals surface area contributed by atoms with Crippen LogP contribution in [0.1, 0.15) is 38.5 Å². The summed E-state index contributed by atoms with van der Waals surface area (Å²) in [6.45, 7) is 0.816. The number of hydrogen-bond donors (Lipinski definition) is 2. The van der Waals surface area contributed by atoms with Gasteiger partial charge in [-0.15, -0.1) is 0 Å². The van der Waals surface area contributed by atoms with Crippen molar-refractivity contribution in [3.63, 3.8) is 0 Å². The molecule has 2 aromatic rings. The number of benzene rings is 2. The molecule has 2 N–H and O–H groups in total. The molecule has 166 valence electrons. The van der Waals surface area contributed by atoms with E-state index in [1.54, 1.807) is 30.3 Å². The molecule has 2 aromatic carbocycles. The minimum absolute atomic E-state index is 0.0910. The van der Waals surface area contributed by atoms with Crippen LogP contribution in [0.3, 0.4) is 0 Å². The highest BCUT2D eigenvalue weighted by atomic mass is 35.5. The Morgan fingerprint density at radius 3 is 2.39 bits per heavy atom. The summed E-state index contributed by atoms with van der Waals surface area (Å²) in [5, 5.41) is 6.49. The summed E-state index contributed by atoms with van der Waals surface area (Å²) in [6.07, 6.45) is 5.85. The molecular weight excluding hydrogens is 440 g/mol. The normalized spacial score (nSPS) is 14.2. The second-order valence-corrected chi connectivity index (χ2v) is 8.48. The molecule has 0 heterocycles. The maximum Gasteiger partial charge on any atom is 0.326 e. The van der Waals surface area contributed by atoms with Crippen LogP contribution in [0, 0.1) is 11.7 Å². The molecule has 1 aliphatic carbocycles. The molecule has 1 saturated carbocycles. The van der Waals surface area contributed by atoms with Gasteiger partial charge in [-0.1, -0.05) is 42.5 Å². The van der Waals surface area contributed by atoms with E-state index in [9.17, 15) is 14.0 Å². The lowest BCUT2D eigenvalue weighted by molar-refractivity contribution is -0.125. The van der Waals surface area contributed by atoms with E-state index >= 15 is 0 Å². The van der Waals surface area contributed by atoms with Crippen LogP contribution in [-0.4, -0.2) is 25.0 Å². The molecule has 0 radical (unpaired) electrons. The van der Waals surface area contributed by atoms with Crippen LogP contribution in [0.15, 0.2) is 42.5 Å². The summed E-state index contributed by atoms with van der Waals surface area (Å²) in [7, 11) is 0. The molecule has 0 unspecified atom stereocenters. The number of anilines is 2. The minimum Gasteiger partial charge on any atom is -0.356 e. The zero-order valence-corrected chi connectivity index (χ0v) is 18.7. The van der Waals surface area contributed by atoms with E-state index in [0.717, 1.165) is 25.7 Å². The van der Waals surface area contributed by atoms with Gasteiger partial charge in [0, 0.05) is 30.4 Å². The van der Waals surface area contributed by atoms with Gasteiger partial charge in [0.25, 0.3) is 0 Å². The van der Waals surface area contributed by atoms with E-state index in [-0.39, 0.29) is 23.7 Å².